The number of unbranched alkanes of at least 4 members (excludes halogenated alkanes) is 7. The van der Waals surface area contributed by atoms with Gasteiger partial charge in [0.25, 0.3) is 0 Å². The van der Waals surface area contributed by atoms with Crippen molar-refractivity contribution in [3.63, 3.8) is 0 Å². The van der Waals surface area contributed by atoms with E-state index in [0.717, 1.165) is 12.8 Å². The van der Waals surface area contributed by atoms with Gasteiger partial charge in [-0.15, -0.1) is 0 Å². The van der Waals surface area contributed by atoms with Gasteiger partial charge in [0.1, 0.15) is 5.78 Å². The highest BCUT2D eigenvalue weighted by Crippen LogP contribution is 2.10. The van der Waals surface area contributed by atoms with Crippen LogP contribution < -0.4 is 0 Å². The normalized spacial score (nSPS) is 10.4. The van der Waals surface area contributed by atoms with Crippen LogP contribution in [0.25, 0.3) is 0 Å². The van der Waals surface area contributed by atoms with Gasteiger partial charge >= 0.3 is 5.97 Å². The predicted molar refractivity (Wildman–Crippen MR) is 69.1 cm³/mol. The van der Waals surface area contributed by atoms with Crippen molar-refractivity contribution in [1.82, 2.24) is 0 Å². The molecule has 0 aromatic heterocycles. The Kier molecular flexibility index (Phi) is 11.0. The SMILES string of the molecule is CCCCCCCCCCC(=O)CCC(=O)O. The van der Waals surface area contributed by atoms with E-state index in [0.29, 0.717) is 6.42 Å². The van der Waals surface area contributed by atoms with Crippen LogP contribution in [0.4, 0.5) is 0 Å². The van der Waals surface area contributed by atoms with Gasteiger partial charge in [0.15, 0.2) is 0 Å². The lowest BCUT2D eigenvalue weighted by Crippen LogP contribution is -2.02. The average Bonchev–Trinajstić information content (AvgIpc) is 2.30. The minimum Gasteiger partial charge on any atom is -0.481 e. The van der Waals surface area contributed by atoms with Crippen molar-refractivity contribution in [2.75, 3.05) is 0 Å². The zero-order chi connectivity index (χ0) is 12.9. The van der Waals surface area contributed by atoms with Crippen LogP contribution in [0.5, 0.6) is 0 Å². The van der Waals surface area contributed by atoms with Crippen molar-refractivity contribution in [2.45, 2.75) is 77.6 Å². The number of carbonyl (C=O) groups excluding carboxylic acids is 1. The van der Waals surface area contributed by atoms with E-state index in [4.69, 9.17) is 5.11 Å². The maximum Gasteiger partial charge on any atom is 0.303 e. The highest BCUT2D eigenvalue weighted by molar-refractivity contribution is 5.82. The molecule has 1 N–H and O–H groups in total. The van der Waals surface area contributed by atoms with E-state index >= 15 is 0 Å². The number of hydrogen-bond donors (Lipinski definition) is 1. The molecule has 17 heavy (non-hydrogen) atoms. The lowest BCUT2D eigenvalue weighted by Gasteiger charge is -2.01. The van der Waals surface area contributed by atoms with Crippen molar-refractivity contribution in [1.29, 1.82) is 0 Å². The van der Waals surface area contributed by atoms with Gasteiger partial charge in [-0.05, 0) is 6.42 Å². The summed E-state index contributed by atoms with van der Waals surface area (Å²) in [5.41, 5.74) is 0. The minimum absolute atomic E-state index is 0.0180. The zero-order valence-corrected chi connectivity index (χ0v) is 11.0. The van der Waals surface area contributed by atoms with Crippen molar-refractivity contribution in [2.24, 2.45) is 0 Å². The number of hydrogen-bond acceptors (Lipinski definition) is 2. The van der Waals surface area contributed by atoms with Gasteiger partial charge in [0.2, 0.25) is 0 Å². The Morgan fingerprint density at radius 3 is 1.82 bits per heavy atom. The third-order valence-corrected chi connectivity index (χ3v) is 2.93. The van der Waals surface area contributed by atoms with Gasteiger partial charge in [-0.3, -0.25) is 9.59 Å². The maximum atomic E-state index is 11.3. The molecule has 0 aromatic carbocycles. The van der Waals surface area contributed by atoms with E-state index in [1.54, 1.807) is 0 Å². The van der Waals surface area contributed by atoms with Crippen molar-refractivity contribution in [3.8, 4) is 0 Å². The van der Waals surface area contributed by atoms with Gasteiger partial charge in [0.05, 0.1) is 6.42 Å². The number of aliphatic carboxylic acids is 1. The van der Waals surface area contributed by atoms with E-state index in [1.807, 2.05) is 0 Å². The van der Waals surface area contributed by atoms with Crippen LogP contribution in [0.3, 0.4) is 0 Å². The van der Waals surface area contributed by atoms with Gasteiger partial charge in [-0.25, -0.2) is 0 Å². The summed E-state index contributed by atoms with van der Waals surface area (Å²) in [6.07, 6.45) is 10.5. The molecule has 0 saturated heterocycles. The van der Waals surface area contributed by atoms with Crippen molar-refractivity contribution < 1.29 is 14.7 Å². The molecule has 0 amide bonds. The second kappa shape index (κ2) is 11.6. The van der Waals surface area contributed by atoms with E-state index in [1.165, 1.54) is 38.5 Å². The van der Waals surface area contributed by atoms with Gasteiger partial charge in [-0.2, -0.15) is 0 Å². The molecule has 0 aliphatic carbocycles. The Hall–Kier alpha value is -0.860. The van der Waals surface area contributed by atoms with Crippen LogP contribution in [0, 0.1) is 0 Å². The van der Waals surface area contributed by atoms with E-state index < -0.39 is 5.97 Å². The molecule has 0 aliphatic rings. The first-order chi connectivity index (χ1) is 8.16. The first-order valence-corrected chi connectivity index (χ1v) is 6.90. The van der Waals surface area contributed by atoms with Crippen molar-refractivity contribution >= 4 is 11.8 Å². The number of rotatable bonds is 12. The molecule has 0 aliphatic heterocycles. The monoisotopic (exact) mass is 242 g/mol. The van der Waals surface area contributed by atoms with Crippen LogP contribution in [0.1, 0.15) is 77.6 Å². The third kappa shape index (κ3) is 13.1. The topological polar surface area (TPSA) is 54.4 Å². The Morgan fingerprint density at radius 1 is 0.765 bits per heavy atom. The third-order valence-electron chi connectivity index (χ3n) is 2.93. The molecule has 0 radical (unpaired) electrons. The Balaban J connectivity index is 3.16. The average molecular weight is 242 g/mol. The first kappa shape index (κ1) is 16.1. The molecule has 3 heteroatoms. The molecule has 0 unspecified atom stereocenters. The van der Waals surface area contributed by atoms with E-state index in [9.17, 15) is 9.59 Å². The molecule has 3 nitrogen and oxygen atoms in total. The molecule has 0 rings (SSSR count). The van der Waals surface area contributed by atoms with E-state index in [2.05, 4.69) is 6.92 Å². The molecule has 0 atom stereocenters. The number of Topliss-reactive ketones (excluding diaryl/α,β-unsaturated/α-hetero) is 1. The van der Waals surface area contributed by atoms with Crippen LogP contribution in [0.2, 0.25) is 0 Å². The van der Waals surface area contributed by atoms with Crippen LogP contribution in [-0.2, 0) is 9.59 Å². The summed E-state index contributed by atoms with van der Waals surface area (Å²) < 4.78 is 0. The maximum absolute atomic E-state index is 11.3. The molecule has 0 aromatic rings. The Labute approximate surface area is 105 Å². The quantitative estimate of drug-likeness (QED) is 0.527. The largest absolute Gasteiger partial charge is 0.481 e. The highest BCUT2D eigenvalue weighted by atomic mass is 16.4. The van der Waals surface area contributed by atoms with Crippen molar-refractivity contribution in [3.05, 3.63) is 0 Å². The lowest BCUT2D eigenvalue weighted by atomic mass is 10.0. The lowest BCUT2D eigenvalue weighted by molar-refractivity contribution is -0.138. The molecule has 100 valence electrons. The van der Waals surface area contributed by atoms with Gasteiger partial charge in [-0.1, -0.05) is 51.9 Å². The second-order valence-electron chi connectivity index (χ2n) is 4.66. The molecule has 0 spiro atoms. The van der Waals surface area contributed by atoms with Crippen LogP contribution in [0.15, 0.2) is 0 Å². The molecular formula is C14H26O3. The Morgan fingerprint density at radius 2 is 1.29 bits per heavy atom. The summed E-state index contributed by atoms with van der Waals surface area (Å²) in [6.45, 7) is 2.21. The summed E-state index contributed by atoms with van der Waals surface area (Å²) in [5, 5.41) is 8.42. The highest BCUT2D eigenvalue weighted by Gasteiger charge is 2.04. The minimum atomic E-state index is -0.880. The fraction of sp³-hybridized carbons (Fsp3) is 0.857. The number of ketones is 1. The van der Waals surface area contributed by atoms with Crippen LogP contribution >= 0.6 is 0 Å². The summed E-state index contributed by atoms with van der Waals surface area (Å²) in [6, 6.07) is 0. The molecule has 0 fully saturated rings. The first-order valence-electron chi connectivity index (χ1n) is 6.90. The molecule has 0 saturated carbocycles. The van der Waals surface area contributed by atoms with E-state index in [-0.39, 0.29) is 18.6 Å². The Bertz CT molecular complexity index is 212. The standard InChI is InChI=1S/C14H26O3/c1-2-3-4-5-6-7-8-9-10-13(15)11-12-14(16)17/h2-12H2,1H3,(H,16,17). The molecule has 0 bridgehead atoms. The van der Waals surface area contributed by atoms with Gasteiger partial charge < -0.3 is 5.11 Å². The summed E-state index contributed by atoms with van der Waals surface area (Å²) >= 11 is 0. The molecule has 0 heterocycles. The molecular weight excluding hydrogens is 216 g/mol. The number of carboxylic acids is 1. The predicted octanol–water partition coefficient (Wildman–Crippen LogP) is 3.95. The number of carboxylic acid groups (broad SMARTS) is 1. The smallest absolute Gasteiger partial charge is 0.303 e. The fourth-order valence-electron chi connectivity index (χ4n) is 1.83. The fourth-order valence-corrected chi connectivity index (χ4v) is 1.83. The summed E-state index contributed by atoms with van der Waals surface area (Å²) in [4.78, 5) is 21.5. The summed E-state index contributed by atoms with van der Waals surface area (Å²) in [7, 11) is 0. The van der Waals surface area contributed by atoms with Gasteiger partial charge in [0, 0.05) is 12.8 Å². The summed E-state index contributed by atoms with van der Waals surface area (Å²) in [5.74, 6) is -0.785. The number of carbonyl (C=O) groups is 2. The zero-order valence-electron chi connectivity index (χ0n) is 11.0. The van der Waals surface area contributed by atoms with Crippen LogP contribution in [-0.4, -0.2) is 16.9 Å². The second-order valence-corrected chi connectivity index (χ2v) is 4.66.